The number of hydrogen-bond acceptors (Lipinski definition) is 3. The van der Waals surface area contributed by atoms with Gasteiger partial charge in [-0.2, -0.15) is 0 Å². The lowest BCUT2D eigenvalue weighted by Crippen LogP contribution is -2.32. The molecule has 0 fully saturated rings. The number of rotatable bonds is 2. The molecule has 0 unspecified atom stereocenters. The molecule has 1 aromatic carbocycles. The van der Waals surface area contributed by atoms with Crippen LogP contribution < -0.4 is 5.73 Å². The minimum Gasteiger partial charge on any atom is -0.397 e. The van der Waals surface area contributed by atoms with E-state index in [0.29, 0.717) is 15.6 Å². The van der Waals surface area contributed by atoms with Crippen LogP contribution in [0.4, 0.5) is 5.69 Å². The lowest BCUT2D eigenvalue weighted by atomic mass is 10.2. The van der Waals surface area contributed by atoms with Gasteiger partial charge in [0, 0.05) is 23.2 Å². The quantitative estimate of drug-likeness (QED) is 0.914. The van der Waals surface area contributed by atoms with Crippen LogP contribution in [0.3, 0.4) is 0 Å². The number of thiophene rings is 1. The van der Waals surface area contributed by atoms with Crippen molar-refractivity contribution < 1.29 is 4.79 Å². The van der Waals surface area contributed by atoms with Crippen LogP contribution in [0.15, 0.2) is 18.2 Å². The van der Waals surface area contributed by atoms with Gasteiger partial charge in [-0.15, -0.1) is 11.3 Å². The van der Waals surface area contributed by atoms with E-state index in [0.717, 1.165) is 10.1 Å². The number of carbonyl (C=O) groups excluding carboxylic acids is 1. The molecule has 18 heavy (non-hydrogen) atoms. The Balaban J connectivity index is 2.56. The normalized spacial score (nSPS) is 11.2. The zero-order valence-electron chi connectivity index (χ0n) is 10.5. The van der Waals surface area contributed by atoms with Crippen LogP contribution in [-0.2, 0) is 0 Å². The lowest BCUT2D eigenvalue weighted by Gasteiger charge is -2.20. The van der Waals surface area contributed by atoms with Crippen molar-refractivity contribution in [3.63, 3.8) is 0 Å². The second-order valence-corrected chi connectivity index (χ2v) is 5.93. The van der Waals surface area contributed by atoms with Gasteiger partial charge in [-0.3, -0.25) is 4.79 Å². The van der Waals surface area contributed by atoms with Crippen molar-refractivity contribution in [3.05, 3.63) is 28.1 Å². The third-order valence-corrected chi connectivity index (χ3v) is 4.46. The van der Waals surface area contributed by atoms with Crippen molar-refractivity contribution in [1.29, 1.82) is 0 Å². The Hall–Kier alpha value is -1.26. The van der Waals surface area contributed by atoms with E-state index in [-0.39, 0.29) is 11.9 Å². The molecule has 5 heteroatoms. The van der Waals surface area contributed by atoms with E-state index in [1.165, 1.54) is 11.3 Å². The van der Waals surface area contributed by atoms with Crippen molar-refractivity contribution in [3.8, 4) is 0 Å². The molecule has 2 rings (SSSR count). The molecule has 0 radical (unpaired) electrons. The number of fused-ring (bicyclic) bond motifs is 1. The highest BCUT2D eigenvalue weighted by Crippen LogP contribution is 2.38. The van der Waals surface area contributed by atoms with Crippen LogP contribution in [0, 0.1) is 0 Å². The Morgan fingerprint density at radius 1 is 1.44 bits per heavy atom. The summed E-state index contributed by atoms with van der Waals surface area (Å²) in [6.45, 7) is 3.93. The zero-order chi connectivity index (χ0) is 13.4. The highest BCUT2D eigenvalue weighted by atomic mass is 35.5. The fraction of sp³-hybridized carbons (Fsp3) is 0.308. The molecule has 1 heterocycles. The Morgan fingerprint density at radius 2 is 2.11 bits per heavy atom. The van der Waals surface area contributed by atoms with E-state index in [1.807, 2.05) is 26.0 Å². The molecule has 0 aliphatic rings. The molecule has 0 bridgehead atoms. The largest absolute Gasteiger partial charge is 0.397 e. The summed E-state index contributed by atoms with van der Waals surface area (Å²) in [5.41, 5.74) is 6.54. The Morgan fingerprint density at radius 3 is 2.67 bits per heavy atom. The summed E-state index contributed by atoms with van der Waals surface area (Å²) in [4.78, 5) is 14.5. The fourth-order valence-corrected chi connectivity index (χ4v) is 3.15. The molecule has 2 aromatic rings. The van der Waals surface area contributed by atoms with E-state index in [2.05, 4.69) is 0 Å². The summed E-state index contributed by atoms with van der Waals surface area (Å²) in [6, 6.07) is 5.71. The van der Waals surface area contributed by atoms with Gasteiger partial charge in [-0.05, 0) is 26.0 Å². The third kappa shape index (κ3) is 2.06. The number of nitrogen functional groups attached to an aromatic ring is 1. The van der Waals surface area contributed by atoms with Gasteiger partial charge < -0.3 is 10.6 Å². The zero-order valence-corrected chi connectivity index (χ0v) is 12.1. The molecule has 96 valence electrons. The molecular weight excluding hydrogens is 268 g/mol. The van der Waals surface area contributed by atoms with Gasteiger partial charge in [0.05, 0.1) is 10.7 Å². The molecule has 2 N–H and O–H groups in total. The molecule has 0 saturated carbocycles. The maximum absolute atomic E-state index is 12.3. The van der Waals surface area contributed by atoms with Crippen LogP contribution in [-0.4, -0.2) is 23.9 Å². The molecule has 3 nitrogen and oxygen atoms in total. The van der Waals surface area contributed by atoms with Crippen LogP contribution in [0.1, 0.15) is 23.5 Å². The SMILES string of the molecule is CC(C)N(C)C(=O)c1sc2cccc(Cl)c2c1N. The predicted molar refractivity (Wildman–Crippen MR) is 78.5 cm³/mol. The van der Waals surface area contributed by atoms with Crippen molar-refractivity contribution in [2.75, 3.05) is 12.8 Å². The first-order valence-electron chi connectivity index (χ1n) is 5.67. The van der Waals surface area contributed by atoms with Gasteiger partial charge >= 0.3 is 0 Å². The van der Waals surface area contributed by atoms with Crippen molar-refractivity contribution in [2.45, 2.75) is 19.9 Å². The van der Waals surface area contributed by atoms with Crippen LogP contribution in [0.25, 0.3) is 10.1 Å². The van der Waals surface area contributed by atoms with Crippen molar-refractivity contribution in [1.82, 2.24) is 4.90 Å². The van der Waals surface area contributed by atoms with Crippen LogP contribution >= 0.6 is 22.9 Å². The van der Waals surface area contributed by atoms with E-state index >= 15 is 0 Å². The monoisotopic (exact) mass is 282 g/mol. The molecule has 0 aliphatic carbocycles. The van der Waals surface area contributed by atoms with Gasteiger partial charge in [0.25, 0.3) is 5.91 Å². The van der Waals surface area contributed by atoms with Gasteiger partial charge in [0.15, 0.2) is 0 Å². The second-order valence-electron chi connectivity index (χ2n) is 4.47. The van der Waals surface area contributed by atoms with E-state index in [4.69, 9.17) is 17.3 Å². The summed E-state index contributed by atoms with van der Waals surface area (Å²) in [7, 11) is 1.78. The summed E-state index contributed by atoms with van der Waals surface area (Å²) in [6.07, 6.45) is 0. The number of benzene rings is 1. The number of anilines is 1. The first-order valence-corrected chi connectivity index (χ1v) is 6.86. The van der Waals surface area contributed by atoms with Crippen LogP contribution in [0.2, 0.25) is 5.02 Å². The average Bonchev–Trinajstić information content (AvgIpc) is 2.66. The Labute approximate surface area is 115 Å². The minimum absolute atomic E-state index is 0.0558. The van der Waals surface area contributed by atoms with Gasteiger partial charge in [0.1, 0.15) is 4.88 Å². The molecule has 0 spiro atoms. The maximum Gasteiger partial charge on any atom is 0.266 e. The minimum atomic E-state index is -0.0558. The van der Waals surface area contributed by atoms with Gasteiger partial charge in [-0.25, -0.2) is 0 Å². The number of hydrogen-bond donors (Lipinski definition) is 1. The Kier molecular flexibility index (Phi) is 3.50. The van der Waals surface area contributed by atoms with Crippen molar-refractivity contribution >= 4 is 44.6 Å². The smallest absolute Gasteiger partial charge is 0.266 e. The first-order chi connectivity index (χ1) is 8.43. The van der Waals surface area contributed by atoms with Gasteiger partial charge in [-0.1, -0.05) is 17.7 Å². The third-order valence-electron chi connectivity index (χ3n) is 2.99. The average molecular weight is 283 g/mol. The molecule has 0 aliphatic heterocycles. The standard InChI is InChI=1S/C13H15ClN2OS/c1-7(2)16(3)13(17)12-11(15)10-8(14)5-4-6-9(10)18-12/h4-7H,15H2,1-3H3. The number of halogens is 1. The summed E-state index contributed by atoms with van der Waals surface area (Å²) in [5.74, 6) is -0.0558. The predicted octanol–water partition coefficient (Wildman–Crippen LogP) is 3.62. The first kappa shape index (κ1) is 13.2. The van der Waals surface area contributed by atoms with Gasteiger partial charge in [0.2, 0.25) is 0 Å². The topological polar surface area (TPSA) is 46.3 Å². The summed E-state index contributed by atoms with van der Waals surface area (Å²) < 4.78 is 0.945. The summed E-state index contributed by atoms with van der Waals surface area (Å²) >= 11 is 7.52. The van der Waals surface area contributed by atoms with Crippen molar-refractivity contribution in [2.24, 2.45) is 0 Å². The molecule has 1 aromatic heterocycles. The molecule has 0 saturated heterocycles. The van der Waals surface area contributed by atoms with E-state index in [9.17, 15) is 4.79 Å². The lowest BCUT2D eigenvalue weighted by molar-refractivity contribution is 0.0761. The Bertz CT molecular complexity index is 606. The highest BCUT2D eigenvalue weighted by molar-refractivity contribution is 7.21. The molecule has 0 atom stereocenters. The van der Waals surface area contributed by atoms with Crippen LogP contribution in [0.5, 0.6) is 0 Å². The number of amides is 1. The highest BCUT2D eigenvalue weighted by Gasteiger charge is 2.22. The summed E-state index contributed by atoms with van der Waals surface area (Å²) in [5, 5.41) is 1.37. The number of nitrogens with zero attached hydrogens (tertiary/aromatic N) is 1. The number of nitrogens with two attached hydrogens (primary N) is 1. The van der Waals surface area contributed by atoms with E-state index < -0.39 is 0 Å². The molecular formula is C13H15ClN2OS. The second kappa shape index (κ2) is 4.78. The van der Waals surface area contributed by atoms with E-state index in [1.54, 1.807) is 18.0 Å². The molecule has 1 amide bonds. The fourth-order valence-electron chi connectivity index (χ4n) is 1.68. The number of carbonyl (C=O) groups is 1. The maximum atomic E-state index is 12.3.